The van der Waals surface area contributed by atoms with Gasteiger partial charge in [0.1, 0.15) is 5.83 Å². The van der Waals surface area contributed by atoms with Gasteiger partial charge in [-0.2, -0.15) is 0 Å². The fraction of sp³-hybridized carbons (Fsp3) is 0.750. The van der Waals surface area contributed by atoms with Gasteiger partial charge >= 0.3 is 0 Å². The second-order valence-electron chi connectivity index (χ2n) is 8.12. The molecular formula is C24H39F3. The monoisotopic (exact) mass is 384 g/mol. The summed E-state index contributed by atoms with van der Waals surface area (Å²) in [6, 6.07) is 0. The minimum Gasteiger partial charge on any atom is -0.239 e. The van der Waals surface area contributed by atoms with Crippen LogP contribution < -0.4 is 0 Å². The molecule has 1 rings (SSSR count). The van der Waals surface area contributed by atoms with Gasteiger partial charge in [-0.3, -0.25) is 0 Å². The third-order valence-electron chi connectivity index (χ3n) is 5.84. The number of alkyl halides is 2. The van der Waals surface area contributed by atoms with Crippen molar-refractivity contribution >= 4 is 0 Å². The van der Waals surface area contributed by atoms with Crippen LogP contribution in [0.3, 0.4) is 0 Å². The van der Waals surface area contributed by atoms with Gasteiger partial charge in [0, 0.05) is 5.92 Å². The molecule has 0 amide bonds. The zero-order chi connectivity index (χ0) is 20.4. The van der Waals surface area contributed by atoms with E-state index in [9.17, 15) is 13.2 Å². The van der Waals surface area contributed by atoms with Crippen molar-refractivity contribution < 1.29 is 13.2 Å². The standard InChI is InChI=1S/C24H39F3/c1-6-9-11-13-18(12-10-7-2)14-15-19-16-21(25)24(27)23(26)20(8-3)22(19)17(4)5/h16,18-19,23-24H,4,6-15H2,1-3,5H3. The lowest BCUT2D eigenvalue weighted by atomic mass is 9.81. The van der Waals surface area contributed by atoms with E-state index in [1.54, 1.807) is 0 Å². The Bertz CT molecular complexity index is 518. The number of hydrogen-bond donors (Lipinski definition) is 0. The van der Waals surface area contributed by atoms with Crippen molar-refractivity contribution in [2.24, 2.45) is 11.8 Å². The number of halogens is 3. The molecule has 0 nitrogen and oxygen atoms in total. The van der Waals surface area contributed by atoms with Gasteiger partial charge in [-0.1, -0.05) is 77.9 Å². The lowest BCUT2D eigenvalue weighted by Crippen LogP contribution is -2.20. The molecule has 4 unspecified atom stereocenters. The summed E-state index contributed by atoms with van der Waals surface area (Å²) in [6.45, 7) is 12.0. The van der Waals surface area contributed by atoms with Crippen molar-refractivity contribution in [1.82, 2.24) is 0 Å². The summed E-state index contributed by atoms with van der Waals surface area (Å²) in [5.74, 6) is -0.618. The average molecular weight is 385 g/mol. The molecule has 156 valence electrons. The van der Waals surface area contributed by atoms with Gasteiger partial charge in [0.2, 0.25) is 0 Å². The summed E-state index contributed by atoms with van der Waals surface area (Å²) in [5.41, 5.74) is 1.86. The smallest absolute Gasteiger partial charge is 0.186 e. The van der Waals surface area contributed by atoms with Crippen LogP contribution in [0.5, 0.6) is 0 Å². The quantitative estimate of drug-likeness (QED) is 0.295. The fourth-order valence-corrected chi connectivity index (χ4v) is 4.30. The fourth-order valence-electron chi connectivity index (χ4n) is 4.30. The van der Waals surface area contributed by atoms with Crippen molar-refractivity contribution in [2.75, 3.05) is 0 Å². The van der Waals surface area contributed by atoms with Crippen LogP contribution in [0.25, 0.3) is 0 Å². The Morgan fingerprint density at radius 2 is 1.63 bits per heavy atom. The van der Waals surface area contributed by atoms with E-state index in [1.807, 2.05) is 13.8 Å². The van der Waals surface area contributed by atoms with Gasteiger partial charge in [0.15, 0.2) is 12.3 Å². The maximum Gasteiger partial charge on any atom is 0.186 e. The van der Waals surface area contributed by atoms with E-state index in [-0.39, 0.29) is 5.92 Å². The Labute approximate surface area is 165 Å². The first kappa shape index (κ1) is 24.0. The summed E-state index contributed by atoms with van der Waals surface area (Å²) in [4.78, 5) is 0. The highest BCUT2D eigenvalue weighted by Crippen LogP contribution is 2.39. The summed E-state index contributed by atoms with van der Waals surface area (Å²) < 4.78 is 43.0. The third kappa shape index (κ3) is 7.16. The topological polar surface area (TPSA) is 0 Å². The highest BCUT2D eigenvalue weighted by atomic mass is 19.2. The van der Waals surface area contributed by atoms with Crippen molar-refractivity contribution in [1.29, 1.82) is 0 Å². The molecule has 3 heteroatoms. The van der Waals surface area contributed by atoms with Crippen LogP contribution in [0.1, 0.15) is 91.9 Å². The molecule has 0 spiro atoms. The first-order valence-electron chi connectivity index (χ1n) is 10.9. The Morgan fingerprint density at radius 1 is 1.00 bits per heavy atom. The summed E-state index contributed by atoms with van der Waals surface area (Å²) in [6.07, 6.45) is 7.76. The number of rotatable bonds is 12. The Morgan fingerprint density at radius 3 is 2.19 bits per heavy atom. The Hall–Kier alpha value is -0.990. The van der Waals surface area contributed by atoms with E-state index in [1.165, 1.54) is 51.0 Å². The average Bonchev–Trinajstić information content (AvgIpc) is 2.73. The van der Waals surface area contributed by atoms with Crippen LogP contribution in [0.4, 0.5) is 13.2 Å². The number of unbranched alkanes of at least 4 members (excludes halogenated alkanes) is 3. The largest absolute Gasteiger partial charge is 0.239 e. The van der Waals surface area contributed by atoms with Crippen LogP contribution in [-0.4, -0.2) is 12.3 Å². The molecule has 0 saturated carbocycles. The normalized spacial score (nSPS) is 24.6. The highest BCUT2D eigenvalue weighted by molar-refractivity contribution is 5.41. The predicted molar refractivity (Wildman–Crippen MR) is 111 cm³/mol. The Balaban J connectivity index is 3.00. The molecule has 0 aromatic heterocycles. The summed E-state index contributed by atoms with van der Waals surface area (Å²) in [5, 5.41) is 0. The van der Waals surface area contributed by atoms with E-state index in [4.69, 9.17) is 0 Å². The van der Waals surface area contributed by atoms with Gasteiger partial charge in [-0.05, 0) is 49.3 Å². The Kier molecular flexibility index (Phi) is 11.1. The molecule has 0 aromatic carbocycles. The molecule has 0 aliphatic heterocycles. The molecule has 27 heavy (non-hydrogen) atoms. The second-order valence-corrected chi connectivity index (χ2v) is 8.12. The van der Waals surface area contributed by atoms with E-state index in [0.717, 1.165) is 24.0 Å². The number of hydrogen-bond acceptors (Lipinski definition) is 0. The lowest BCUT2D eigenvalue weighted by molar-refractivity contribution is 0.198. The van der Waals surface area contributed by atoms with Gasteiger partial charge < -0.3 is 0 Å². The lowest BCUT2D eigenvalue weighted by Gasteiger charge is -2.24. The molecule has 1 aliphatic carbocycles. The SMILES string of the molecule is C=C(C)C1=C(CC)C(F)C(F)C(F)=CC1CCC(CCCC)CCCCC. The van der Waals surface area contributed by atoms with Crippen LogP contribution in [0.2, 0.25) is 0 Å². The van der Waals surface area contributed by atoms with E-state index in [0.29, 0.717) is 17.9 Å². The molecule has 0 bridgehead atoms. The number of allylic oxidation sites excluding steroid dienone is 5. The van der Waals surface area contributed by atoms with E-state index < -0.39 is 18.2 Å². The van der Waals surface area contributed by atoms with Gasteiger partial charge in [0.25, 0.3) is 0 Å². The molecule has 0 heterocycles. The maximum absolute atomic E-state index is 14.6. The zero-order valence-electron chi connectivity index (χ0n) is 17.8. The molecule has 0 radical (unpaired) electrons. The van der Waals surface area contributed by atoms with Crippen LogP contribution in [0.15, 0.2) is 35.2 Å². The van der Waals surface area contributed by atoms with Gasteiger partial charge in [0.05, 0.1) is 0 Å². The van der Waals surface area contributed by atoms with Crippen LogP contribution in [-0.2, 0) is 0 Å². The molecule has 0 N–H and O–H groups in total. The highest BCUT2D eigenvalue weighted by Gasteiger charge is 2.35. The maximum atomic E-state index is 14.6. The first-order chi connectivity index (χ1) is 12.9. The van der Waals surface area contributed by atoms with E-state index in [2.05, 4.69) is 20.4 Å². The molecule has 0 fully saturated rings. The second kappa shape index (κ2) is 12.5. The molecular weight excluding hydrogens is 345 g/mol. The van der Waals surface area contributed by atoms with Gasteiger partial charge in [-0.15, -0.1) is 0 Å². The molecule has 4 atom stereocenters. The molecule has 0 saturated heterocycles. The minimum absolute atomic E-state index is 0.272. The molecule has 1 aliphatic rings. The third-order valence-corrected chi connectivity index (χ3v) is 5.84. The van der Waals surface area contributed by atoms with Crippen molar-refractivity contribution in [3.63, 3.8) is 0 Å². The van der Waals surface area contributed by atoms with Crippen LogP contribution >= 0.6 is 0 Å². The zero-order valence-corrected chi connectivity index (χ0v) is 17.8. The van der Waals surface area contributed by atoms with Crippen molar-refractivity contribution in [3.05, 3.63) is 35.2 Å². The first-order valence-corrected chi connectivity index (χ1v) is 10.9. The van der Waals surface area contributed by atoms with Crippen molar-refractivity contribution in [2.45, 2.75) is 104 Å². The summed E-state index contributed by atoms with van der Waals surface area (Å²) >= 11 is 0. The minimum atomic E-state index is -2.18. The molecule has 0 aromatic rings. The van der Waals surface area contributed by atoms with Crippen molar-refractivity contribution in [3.8, 4) is 0 Å². The van der Waals surface area contributed by atoms with Crippen LogP contribution in [0, 0.1) is 11.8 Å². The predicted octanol–water partition coefficient (Wildman–Crippen LogP) is 8.60. The van der Waals surface area contributed by atoms with E-state index >= 15 is 0 Å². The van der Waals surface area contributed by atoms with Gasteiger partial charge in [-0.25, -0.2) is 13.2 Å². The summed E-state index contributed by atoms with van der Waals surface area (Å²) in [7, 11) is 0.